The Morgan fingerprint density at radius 1 is 1.35 bits per heavy atom. The molecule has 0 spiro atoms. The van der Waals surface area contributed by atoms with E-state index in [4.69, 9.17) is 0 Å². The minimum atomic E-state index is 0.205. The molecule has 0 aliphatic carbocycles. The highest BCUT2D eigenvalue weighted by Gasteiger charge is 2.21. The van der Waals surface area contributed by atoms with E-state index in [0.717, 1.165) is 32.5 Å². The molecule has 1 saturated heterocycles. The fourth-order valence-corrected chi connectivity index (χ4v) is 3.54. The van der Waals surface area contributed by atoms with Crippen LogP contribution in [-0.4, -0.2) is 29.9 Å². The Morgan fingerprint density at radius 3 is 2.50 bits per heavy atom. The molecule has 2 rings (SSSR count). The molecule has 20 heavy (non-hydrogen) atoms. The Hall–Kier alpha value is -0.870. The molecule has 4 heteroatoms. The van der Waals surface area contributed by atoms with Crippen LogP contribution in [0, 0.1) is 0 Å². The molecule has 0 radical (unpaired) electrons. The number of hydrogen-bond acceptors (Lipinski definition) is 3. The van der Waals surface area contributed by atoms with E-state index in [1.807, 2.05) is 16.2 Å². The third-order valence-electron chi connectivity index (χ3n) is 3.91. The van der Waals surface area contributed by atoms with E-state index >= 15 is 0 Å². The number of thiophene rings is 1. The molecule has 1 N–H and O–H groups in total. The van der Waals surface area contributed by atoms with Crippen molar-refractivity contribution in [3.8, 4) is 0 Å². The van der Waals surface area contributed by atoms with Crippen molar-refractivity contribution in [3.63, 3.8) is 0 Å². The van der Waals surface area contributed by atoms with Gasteiger partial charge in [-0.1, -0.05) is 20.8 Å². The van der Waals surface area contributed by atoms with Crippen LogP contribution >= 0.6 is 11.3 Å². The van der Waals surface area contributed by atoms with Gasteiger partial charge in [0.05, 0.1) is 0 Å². The lowest BCUT2D eigenvalue weighted by molar-refractivity contribution is -0.129. The van der Waals surface area contributed by atoms with Crippen LogP contribution in [-0.2, 0) is 16.8 Å². The minimum Gasteiger partial charge on any atom is -0.343 e. The lowest BCUT2D eigenvalue weighted by Gasteiger charge is -2.31. The van der Waals surface area contributed by atoms with Gasteiger partial charge in [-0.05, 0) is 30.4 Å². The summed E-state index contributed by atoms with van der Waals surface area (Å²) in [4.78, 5) is 16.1. The molecular formula is C16H26N2OS. The van der Waals surface area contributed by atoms with Crippen LogP contribution in [0.25, 0.3) is 0 Å². The predicted octanol–water partition coefficient (Wildman–Crippen LogP) is 3.15. The van der Waals surface area contributed by atoms with E-state index in [0.29, 0.717) is 6.04 Å². The molecule has 0 unspecified atom stereocenters. The summed E-state index contributed by atoms with van der Waals surface area (Å²) in [5.74, 6) is 0.205. The van der Waals surface area contributed by atoms with Gasteiger partial charge in [0.15, 0.2) is 0 Å². The lowest BCUT2D eigenvalue weighted by atomic mass is 9.95. The highest BCUT2D eigenvalue weighted by atomic mass is 32.1. The number of amides is 1. The van der Waals surface area contributed by atoms with Gasteiger partial charge in [-0.15, -0.1) is 11.3 Å². The van der Waals surface area contributed by atoms with Crippen molar-refractivity contribution in [2.24, 2.45) is 0 Å². The topological polar surface area (TPSA) is 32.3 Å². The van der Waals surface area contributed by atoms with E-state index in [-0.39, 0.29) is 11.3 Å². The van der Waals surface area contributed by atoms with Gasteiger partial charge in [0, 0.05) is 42.4 Å². The van der Waals surface area contributed by atoms with E-state index in [9.17, 15) is 4.79 Å². The second-order valence-electron chi connectivity index (χ2n) is 6.68. The van der Waals surface area contributed by atoms with Crippen molar-refractivity contribution in [1.82, 2.24) is 10.2 Å². The average Bonchev–Trinajstić information content (AvgIpc) is 2.85. The van der Waals surface area contributed by atoms with Gasteiger partial charge in [0.1, 0.15) is 0 Å². The third-order valence-corrected chi connectivity index (χ3v) is 5.42. The molecule has 1 aliphatic heterocycles. The number of carbonyl (C=O) groups is 1. The molecule has 0 saturated carbocycles. The van der Waals surface area contributed by atoms with Crippen molar-refractivity contribution in [3.05, 3.63) is 21.9 Å². The Morgan fingerprint density at radius 2 is 2.00 bits per heavy atom. The summed E-state index contributed by atoms with van der Waals surface area (Å²) in [5, 5.41) is 3.63. The van der Waals surface area contributed by atoms with Crippen molar-refractivity contribution >= 4 is 17.2 Å². The monoisotopic (exact) mass is 294 g/mol. The fraction of sp³-hybridized carbons (Fsp3) is 0.688. The van der Waals surface area contributed by atoms with E-state index in [2.05, 4.69) is 38.2 Å². The van der Waals surface area contributed by atoms with Crippen molar-refractivity contribution in [1.29, 1.82) is 0 Å². The van der Waals surface area contributed by atoms with Crippen molar-refractivity contribution in [2.45, 2.75) is 58.5 Å². The first-order valence-electron chi connectivity index (χ1n) is 7.44. The molecule has 0 bridgehead atoms. The highest BCUT2D eigenvalue weighted by molar-refractivity contribution is 7.12. The Labute approximate surface area is 126 Å². The van der Waals surface area contributed by atoms with Gasteiger partial charge >= 0.3 is 0 Å². The first kappa shape index (κ1) is 15.5. The molecule has 1 amide bonds. The van der Waals surface area contributed by atoms with Gasteiger partial charge in [-0.25, -0.2) is 0 Å². The summed E-state index contributed by atoms with van der Waals surface area (Å²) in [5.41, 5.74) is 0.246. The fourth-order valence-electron chi connectivity index (χ4n) is 2.52. The minimum absolute atomic E-state index is 0.205. The Bertz CT molecular complexity index is 453. The first-order valence-corrected chi connectivity index (χ1v) is 8.26. The number of hydrogen-bond donors (Lipinski definition) is 1. The molecule has 1 aromatic heterocycles. The standard InChI is InChI=1S/C16H26N2OS/c1-12(19)18-9-7-13(8-10-18)17-11-14-5-6-15(20-14)16(2,3)4/h5-6,13,17H,7-11H2,1-4H3. The maximum absolute atomic E-state index is 11.3. The summed E-state index contributed by atoms with van der Waals surface area (Å²) in [6.07, 6.45) is 2.13. The number of nitrogens with one attached hydrogen (secondary N) is 1. The van der Waals surface area contributed by atoms with Crippen LogP contribution in [0.15, 0.2) is 12.1 Å². The molecule has 1 fully saturated rings. The number of carbonyl (C=O) groups excluding carboxylic acids is 1. The summed E-state index contributed by atoms with van der Waals surface area (Å²) in [6.45, 7) is 11.2. The molecule has 0 aromatic carbocycles. The Kier molecular flexibility index (Phi) is 4.86. The number of likely N-dealkylation sites (tertiary alicyclic amines) is 1. The normalized spacial score (nSPS) is 17.5. The molecular weight excluding hydrogens is 268 g/mol. The quantitative estimate of drug-likeness (QED) is 0.929. The van der Waals surface area contributed by atoms with E-state index in [1.165, 1.54) is 9.75 Å². The number of piperidine rings is 1. The SMILES string of the molecule is CC(=O)N1CCC(NCc2ccc(C(C)(C)C)s2)CC1. The van der Waals surface area contributed by atoms with E-state index < -0.39 is 0 Å². The third kappa shape index (κ3) is 4.06. The summed E-state index contributed by atoms with van der Waals surface area (Å²) in [7, 11) is 0. The van der Waals surface area contributed by atoms with Gasteiger partial charge in [-0.3, -0.25) is 4.79 Å². The zero-order valence-electron chi connectivity index (χ0n) is 13.0. The Balaban J connectivity index is 1.79. The highest BCUT2D eigenvalue weighted by Crippen LogP contribution is 2.29. The average molecular weight is 294 g/mol. The smallest absolute Gasteiger partial charge is 0.219 e. The van der Waals surface area contributed by atoms with Crippen molar-refractivity contribution in [2.75, 3.05) is 13.1 Å². The van der Waals surface area contributed by atoms with Gasteiger partial charge in [-0.2, -0.15) is 0 Å². The van der Waals surface area contributed by atoms with Crippen LogP contribution in [0.2, 0.25) is 0 Å². The van der Waals surface area contributed by atoms with Crippen LogP contribution < -0.4 is 5.32 Å². The molecule has 1 aliphatic rings. The largest absolute Gasteiger partial charge is 0.343 e. The van der Waals surface area contributed by atoms with Crippen LogP contribution in [0.5, 0.6) is 0 Å². The number of rotatable bonds is 3. The van der Waals surface area contributed by atoms with Gasteiger partial charge < -0.3 is 10.2 Å². The summed E-state index contributed by atoms with van der Waals surface area (Å²) < 4.78 is 0. The molecule has 112 valence electrons. The van der Waals surface area contributed by atoms with Gasteiger partial charge in [0.25, 0.3) is 0 Å². The molecule has 3 nitrogen and oxygen atoms in total. The summed E-state index contributed by atoms with van der Waals surface area (Å²) in [6, 6.07) is 5.04. The van der Waals surface area contributed by atoms with Crippen LogP contribution in [0.4, 0.5) is 0 Å². The lowest BCUT2D eigenvalue weighted by Crippen LogP contribution is -2.43. The molecule has 1 aromatic rings. The maximum Gasteiger partial charge on any atom is 0.219 e. The molecule has 0 atom stereocenters. The zero-order valence-corrected chi connectivity index (χ0v) is 13.8. The van der Waals surface area contributed by atoms with Crippen molar-refractivity contribution < 1.29 is 4.79 Å². The zero-order chi connectivity index (χ0) is 14.8. The second kappa shape index (κ2) is 6.27. The first-order chi connectivity index (χ1) is 9.36. The van der Waals surface area contributed by atoms with Gasteiger partial charge in [0.2, 0.25) is 5.91 Å². The predicted molar refractivity (Wildman–Crippen MR) is 85.1 cm³/mol. The maximum atomic E-state index is 11.3. The number of nitrogens with zero attached hydrogens (tertiary/aromatic N) is 1. The van der Waals surface area contributed by atoms with E-state index in [1.54, 1.807) is 6.92 Å². The second-order valence-corrected chi connectivity index (χ2v) is 7.85. The summed E-state index contributed by atoms with van der Waals surface area (Å²) >= 11 is 1.91. The molecule has 2 heterocycles. The van der Waals surface area contributed by atoms with Crippen LogP contribution in [0.3, 0.4) is 0 Å². The van der Waals surface area contributed by atoms with Crippen LogP contribution in [0.1, 0.15) is 50.3 Å².